The van der Waals surface area contributed by atoms with Crippen molar-refractivity contribution >= 4 is 34.2 Å². The first kappa shape index (κ1) is 22.1. The number of rotatable bonds is 5. The highest BCUT2D eigenvalue weighted by Gasteiger charge is 2.24. The van der Waals surface area contributed by atoms with Crippen LogP contribution in [0.15, 0.2) is 29.6 Å². The molecule has 0 saturated carbocycles. The van der Waals surface area contributed by atoms with Gasteiger partial charge in [0.25, 0.3) is 0 Å². The molecular formula is C22H30N4O3S. The number of likely N-dealkylation sites (tertiary alicyclic amines) is 1. The number of hydrogen-bond acceptors (Lipinski definition) is 6. The van der Waals surface area contributed by atoms with Crippen LogP contribution in [0.5, 0.6) is 0 Å². The van der Waals surface area contributed by atoms with E-state index in [4.69, 9.17) is 9.72 Å². The second-order valence-corrected chi connectivity index (χ2v) is 9.28. The van der Waals surface area contributed by atoms with Crippen molar-refractivity contribution in [1.29, 1.82) is 0 Å². The number of carbonyl (C=O) groups excluding carboxylic acids is 2. The van der Waals surface area contributed by atoms with Crippen molar-refractivity contribution in [3.8, 4) is 11.3 Å². The molecule has 30 heavy (non-hydrogen) atoms. The zero-order valence-electron chi connectivity index (χ0n) is 18.0. The molecule has 0 radical (unpaired) electrons. The highest BCUT2D eigenvalue weighted by molar-refractivity contribution is 7.14. The molecule has 2 amide bonds. The predicted molar refractivity (Wildman–Crippen MR) is 121 cm³/mol. The van der Waals surface area contributed by atoms with Gasteiger partial charge in [0, 0.05) is 41.2 Å². The van der Waals surface area contributed by atoms with Gasteiger partial charge in [-0.2, -0.15) is 0 Å². The quantitative estimate of drug-likeness (QED) is 0.710. The fourth-order valence-electron chi connectivity index (χ4n) is 3.11. The van der Waals surface area contributed by atoms with Gasteiger partial charge in [0.15, 0.2) is 5.13 Å². The maximum absolute atomic E-state index is 12.1. The van der Waals surface area contributed by atoms with Crippen LogP contribution in [0.3, 0.4) is 0 Å². The van der Waals surface area contributed by atoms with Crippen LogP contribution in [0.4, 0.5) is 15.6 Å². The molecule has 8 heteroatoms. The molecule has 1 saturated heterocycles. The Kier molecular flexibility index (Phi) is 6.97. The van der Waals surface area contributed by atoms with E-state index in [1.165, 1.54) is 0 Å². The summed E-state index contributed by atoms with van der Waals surface area (Å²) in [7, 11) is 0. The van der Waals surface area contributed by atoms with E-state index in [2.05, 4.69) is 10.6 Å². The van der Waals surface area contributed by atoms with Gasteiger partial charge in [0.05, 0.1) is 12.3 Å². The van der Waals surface area contributed by atoms with Gasteiger partial charge in [-0.15, -0.1) is 11.3 Å². The molecule has 1 aromatic heterocycles. The number of thiazole rings is 1. The van der Waals surface area contributed by atoms with Crippen molar-refractivity contribution in [2.45, 2.75) is 46.6 Å². The SMILES string of the molecule is CCOC(=O)N1CCC(Nc2nc(-c3ccc(NC(=O)C(C)(C)C)cc3)cs2)CC1. The summed E-state index contributed by atoms with van der Waals surface area (Å²) in [5.41, 5.74) is 2.26. The highest BCUT2D eigenvalue weighted by atomic mass is 32.1. The van der Waals surface area contributed by atoms with Crippen LogP contribution in [-0.4, -0.2) is 47.6 Å². The number of benzene rings is 1. The highest BCUT2D eigenvalue weighted by Crippen LogP contribution is 2.28. The van der Waals surface area contributed by atoms with Crippen LogP contribution in [-0.2, 0) is 9.53 Å². The maximum Gasteiger partial charge on any atom is 0.409 e. The number of aromatic nitrogens is 1. The van der Waals surface area contributed by atoms with Crippen LogP contribution >= 0.6 is 11.3 Å². The smallest absolute Gasteiger partial charge is 0.409 e. The van der Waals surface area contributed by atoms with Gasteiger partial charge in [-0.1, -0.05) is 32.9 Å². The largest absolute Gasteiger partial charge is 0.450 e. The molecule has 3 rings (SSSR count). The van der Waals surface area contributed by atoms with Crippen LogP contribution in [0.2, 0.25) is 0 Å². The fraction of sp³-hybridized carbons (Fsp3) is 0.500. The molecule has 162 valence electrons. The molecule has 2 heterocycles. The summed E-state index contributed by atoms with van der Waals surface area (Å²) in [6, 6.07) is 8.03. The minimum atomic E-state index is -0.430. The predicted octanol–water partition coefficient (Wildman–Crippen LogP) is 4.83. The molecule has 0 bridgehead atoms. The Morgan fingerprint density at radius 2 is 1.87 bits per heavy atom. The normalized spacial score (nSPS) is 15.0. The minimum absolute atomic E-state index is 0.00982. The second kappa shape index (κ2) is 9.47. The van der Waals surface area contributed by atoms with Gasteiger partial charge in [0.1, 0.15) is 0 Å². The molecule has 1 fully saturated rings. The van der Waals surface area contributed by atoms with Crippen LogP contribution in [0.1, 0.15) is 40.5 Å². The lowest BCUT2D eigenvalue weighted by Gasteiger charge is -2.31. The zero-order chi connectivity index (χ0) is 21.7. The van der Waals surface area contributed by atoms with Crippen molar-refractivity contribution in [2.75, 3.05) is 30.3 Å². The van der Waals surface area contributed by atoms with Crippen molar-refractivity contribution in [1.82, 2.24) is 9.88 Å². The first-order chi connectivity index (χ1) is 14.3. The lowest BCUT2D eigenvalue weighted by atomic mass is 9.95. The molecule has 7 nitrogen and oxygen atoms in total. The fourth-order valence-corrected chi connectivity index (χ4v) is 3.91. The van der Waals surface area contributed by atoms with E-state index in [0.717, 1.165) is 34.9 Å². The Morgan fingerprint density at radius 1 is 1.20 bits per heavy atom. The number of amides is 2. The number of nitrogens with one attached hydrogen (secondary N) is 2. The van der Waals surface area contributed by atoms with Gasteiger partial charge in [0.2, 0.25) is 5.91 Å². The first-order valence-corrected chi connectivity index (χ1v) is 11.2. The average molecular weight is 431 g/mol. The third kappa shape index (κ3) is 5.72. The lowest BCUT2D eigenvalue weighted by molar-refractivity contribution is -0.123. The number of piperidine rings is 1. The number of hydrogen-bond donors (Lipinski definition) is 2. The Morgan fingerprint density at radius 3 is 2.47 bits per heavy atom. The summed E-state index contributed by atoms with van der Waals surface area (Å²) in [6.45, 7) is 9.28. The minimum Gasteiger partial charge on any atom is -0.450 e. The standard InChI is InChI=1S/C22H30N4O3S/c1-5-29-21(28)26-12-10-17(11-13-26)24-20-25-18(14-30-20)15-6-8-16(9-7-15)23-19(27)22(2,3)4/h6-9,14,17H,5,10-13H2,1-4H3,(H,23,27)(H,24,25). The molecule has 1 aromatic carbocycles. The van der Waals surface area contributed by atoms with E-state index in [1.54, 1.807) is 16.2 Å². The first-order valence-electron chi connectivity index (χ1n) is 10.3. The third-order valence-electron chi connectivity index (χ3n) is 4.97. The molecular weight excluding hydrogens is 400 g/mol. The van der Waals surface area contributed by atoms with E-state index in [1.807, 2.05) is 57.3 Å². The number of anilines is 2. The Hall–Kier alpha value is -2.61. The Labute approximate surface area is 181 Å². The van der Waals surface area contributed by atoms with Crippen molar-refractivity contribution in [3.05, 3.63) is 29.6 Å². The zero-order valence-corrected chi connectivity index (χ0v) is 18.8. The lowest BCUT2D eigenvalue weighted by Crippen LogP contribution is -2.42. The van der Waals surface area contributed by atoms with Crippen LogP contribution in [0.25, 0.3) is 11.3 Å². The topological polar surface area (TPSA) is 83.6 Å². The van der Waals surface area contributed by atoms with Gasteiger partial charge in [-0.25, -0.2) is 9.78 Å². The number of nitrogens with zero attached hydrogens (tertiary/aromatic N) is 2. The number of ether oxygens (including phenoxy) is 1. The summed E-state index contributed by atoms with van der Waals surface area (Å²) in [6.07, 6.45) is 1.51. The third-order valence-corrected chi connectivity index (χ3v) is 5.75. The molecule has 1 aliphatic rings. The summed E-state index contributed by atoms with van der Waals surface area (Å²) in [5.74, 6) is -0.00982. The molecule has 0 aliphatic carbocycles. The van der Waals surface area contributed by atoms with E-state index in [9.17, 15) is 9.59 Å². The van der Waals surface area contributed by atoms with E-state index < -0.39 is 5.41 Å². The van der Waals surface area contributed by atoms with Gasteiger partial charge < -0.3 is 20.3 Å². The monoisotopic (exact) mass is 430 g/mol. The molecule has 0 unspecified atom stereocenters. The van der Waals surface area contributed by atoms with Crippen molar-refractivity contribution in [3.63, 3.8) is 0 Å². The molecule has 2 aromatic rings. The maximum atomic E-state index is 12.1. The van der Waals surface area contributed by atoms with Crippen molar-refractivity contribution < 1.29 is 14.3 Å². The van der Waals surface area contributed by atoms with Crippen LogP contribution in [0, 0.1) is 5.41 Å². The summed E-state index contributed by atoms with van der Waals surface area (Å²) in [4.78, 5) is 30.4. The van der Waals surface area contributed by atoms with Gasteiger partial charge in [-0.05, 0) is 31.9 Å². The number of carbonyl (C=O) groups is 2. The average Bonchev–Trinajstić information content (AvgIpc) is 3.17. The Balaban J connectivity index is 1.54. The van der Waals surface area contributed by atoms with E-state index in [-0.39, 0.29) is 12.0 Å². The summed E-state index contributed by atoms with van der Waals surface area (Å²) in [5, 5.41) is 9.33. The van der Waals surface area contributed by atoms with E-state index in [0.29, 0.717) is 25.7 Å². The summed E-state index contributed by atoms with van der Waals surface area (Å²) < 4.78 is 5.07. The molecule has 0 spiro atoms. The Bertz CT molecular complexity index is 865. The molecule has 1 aliphatic heterocycles. The molecule has 0 atom stereocenters. The van der Waals surface area contributed by atoms with Gasteiger partial charge >= 0.3 is 6.09 Å². The van der Waals surface area contributed by atoms with Gasteiger partial charge in [-0.3, -0.25) is 4.79 Å². The molecule has 2 N–H and O–H groups in total. The van der Waals surface area contributed by atoms with Crippen LogP contribution < -0.4 is 10.6 Å². The summed E-state index contributed by atoms with van der Waals surface area (Å²) >= 11 is 1.57. The van der Waals surface area contributed by atoms with Crippen molar-refractivity contribution in [2.24, 2.45) is 5.41 Å². The second-order valence-electron chi connectivity index (χ2n) is 8.42. The van der Waals surface area contributed by atoms with E-state index >= 15 is 0 Å².